The van der Waals surface area contributed by atoms with Crippen LogP contribution in [-0.4, -0.2) is 31.6 Å². The van der Waals surface area contributed by atoms with E-state index in [4.69, 9.17) is 5.11 Å². The predicted molar refractivity (Wildman–Crippen MR) is 72.3 cm³/mol. The molecule has 1 aromatic heterocycles. The average Bonchev–Trinajstić information content (AvgIpc) is 2.92. The van der Waals surface area contributed by atoms with E-state index in [1.54, 1.807) is 0 Å². The van der Waals surface area contributed by atoms with Crippen molar-refractivity contribution in [1.82, 2.24) is 4.98 Å². The maximum absolute atomic E-state index is 13.2. The number of rotatable bonds is 4. The van der Waals surface area contributed by atoms with Crippen molar-refractivity contribution in [2.75, 3.05) is 11.8 Å². The van der Waals surface area contributed by atoms with Crippen LogP contribution in [0.3, 0.4) is 0 Å². The zero-order valence-corrected chi connectivity index (χ0v) is 12.2. The highest BCUT2D eigenvalue weighted by Gasteiger charge is 2.26. The van der Waals surface area contributed by atoms with E-state index < -0.39 is 27.6 Å². The van der Waals surface area contributed by atoms with E-state index in [0.29, 0.717) is 0 Å². The molecule has 0 fully saturated rings. The monoisotopic (exact) mass is 332 g/mol. The molecule has 7 nitrogen and oxygen atoms in total. The van der Waals surface area contributed by atoms with Crippen LogP contribution in [0.1, 0.15) is 10.5 Å². The van der Waals surface area contributed by atoms with Gasteiger partial charge in [0.2, 0.25) is 0 Å². The van der Waals surface area contributed by atoms with Crippen LogP contribution in [0, 0.1) is 5.82 Å². The van der Waals surface area contributed by atoms with Crippen molar-refractivity contribution in [1.29, 1.82) is 0 Å². The van der Waals surface area contributed by atoms with Gasteiger partial charge >= 0.3 is 5.97 Å². The number of esters is 1. The van der Waals surface area contributed by atoms with Gasteiger partial charge < -0.3 is 9.84 Å². The molecule has 21 heavy (non-hydrogen) atoms. The third-order valence-electron chi connectivity index (χ3n) is 2.36. The molecule has 2 rings (SSSR count). The Bertz CT molecular complexity index is 788. The Kier molecular flexibility index (Phi) is 4.09. The van der Waals surface area contributed by atoms with Crippen molar-refractivity contribution in [2.45, 2.75) is 4.21 Å². The van der Waals surface area contributed by atoms with Crippen molar-refractivity contribution in [2.24, 2.45) is 0 Å². The van der Waals surface area contributed by atoms with Gasteiger partial charge in [-0.2, -0.15) is 0 Å². The molecule has 0 unspecified atom stereocenters. The molecule has 0 amide bonds. The van der Waals surface area contributed by atoms with Crippen LogP contribution in [0.2, 0.25) is 0 Å². The molecule has 1 heterocycles. The molecule has 0 saturated heterocycles. The second kappa shape index (κ2) is 5.66. The number of aromatic hydroxyl groups is 1. The number of hydrogen-bond donors (Lipinski definition) is 2. The third-order valence-corrected chi connectivity index (χ3v) is 5.11. The molecule has 0 spiro atoms. The minimum absolute atomic E-state index is 0.102. The van der Waals surface area contributed by atoms with Crippen molar-refractivity contribution >= 4 is 33.0 Å². The van der Waals surface area contributed by atoms with Crippen LogP contribution in [0.15, 0.2) is 27.9 Å². The highest BCUT2D eigenvalue weighted by atomic mass is 32.2. The SMILES string of the molecule is COC(=O)c1ncsc1S(=O)(=O)Nc1ccc(O)c(F)c1. The number of thiazole rings is 1. The van der Waals surface area contributed by atoms with Crippen LogP contribution in [-0.2, 0) is 14.8 Å². The number of halogens is 1. The molecule has 0 aliphatic carbocycles. The van der Waals surface area contributed by atoms with Gasteiger partial charge in [0.15, 0.2) is 21.5 Å². The Balaban J connectivity index is 2.37. The van der Waals surface area contributed by atoms with Crippen LogP contribution < -0.4 is 4.72 Å². The van der Waals surface area contributed by atoms with Crippen molar-refractivity contribution in [3.8, 4) is 5.75 Å². The number of methoxy groups -OCH3 is 1. The van der Waals surface area contributed by atoms with Gasteiger partial charge in [0.05, 0.1) is 18.3 Å². The smallest absolute Gasteiger partial charge is 0.358 e. The van der Waals surface area contributed by atoms with E-state index >= 15 is 0 Å². The van der Waals surface area contributed by atoms with Crippen molar-refractivity contribution in [3.63, 3.8) is 0 Å². The number of sulfonamides is 1. The number of hydrogen-bond acceptors (Lipinski definition) is 7. The maximum atomic E-state index is 13.2. The Labute approximate surface area is 123 Å². The molecule has 2 N–H and O–H groups in total. The van der Waals surface area contributed by atoms with Gasteiger partial charge in [-0.15, -0.1) is 11.3 Å². The molecule has 0 aliphatic heterocycles. The number of ether oxygens (including phenoxy) is 1. The lowest BCUT2D eigenvalue weighted by atomic mass is 10.3. The van der Waals surface area contributed by atoms with E-state index in [9.17, 15) is 17.6 Å². The lowest BCUT2D eigenvalue weighted by Gasteiger charge is -2.07. The molecule has 2 aromatic rings. The summed E-state index contributed by atoms with van der Waals surface area (Å²) in [5.41, 5.74) is 0.724. The fourth-order valence-electron chi connectivity index (χ4n) is 1.43. The summed E-state index contributed by atoms with van der Waals surface area (Å²) >= 11 is 0.721. The molecule has 0 aliphatic rings. The van der Waals surface area contributed by atoms with Gasteiger partial charge in [-0.3, -0.25) is 4.72 Å². The van der Waals surface area contributed by atoms with E-state index in [2.05, 4.69) is 14.4 Å². The van der Waals surface area contributed by atoms with Crippen LogP contribution in [0.5, 0.6) is 5.75 Å². The first-order chi connectivity index (χ1) is 9.85. The number of carbonyl (C=O) groups excluding carboxylic acids is 1. The molecule has 0 bridgehead atoms. The van der Waals surface area contributed by atoms with Gasteiger partial charge in [-0.05, 0) is 12.1 Å². The predicted octanol–water partition coefficient (Wildman–Crippen LogP) is 1.58. The Morgan fingerprint density at radius 2 is 2.19 bits per heavy atom. The fourth-order valence-corrected chi connectivity index (χ4v) is 3.61. The van der Waals surface area contributed by atoms with E-state index in [1.165, 1.54) is 11.6 Å². The molecule has 0 radical (unpaired) electrons. The first kappa shape index (κ1) is 15.2. The Morgan fingerprint density at radius 1 is 1.48 bits per heavy atom. The third kappa shape index (κ3) is 3.11. The topological polar surface area (TPSA) is 106 Å². The molecule has 112 valence electrons. The largest absolute Gasteiger partial charge is 0.505 e. The van der Waals surface area contributed by atoms with E-state index in [1.807, 2.05) is 0 Å². The number of phenolic OH excluding ortho intramolecular Hbond substituents is 1. The minimum atomic E-state index is -4.13. The highest BCUT2D eigenvalue weighted by Crippen LogP contribution is 2.25. The number of nitrogens with zero attached hydrogens (tertiary/aromatic N) is 1. The Hall–Kier alpha value is -2.20. The summed E-state index contributed by atoms with van der Waals surface area (Å²) in [7, 11) is -3.03. The number of aromatic nitrogens is 1. The second-order valence-corrected chi connectivity index (χ2v) is 6.48. The van der Waals surface area contributed by atoms with E-state index in [0.717, 1.165) is 30.6 Å². The number of phenols is 1. The van der Waals surface area contributed by atoms with Crippen LogP contribution >= 0.6 is 11.3 Å². The summed E-state index contributed by atoms with van der Waals surface area (Å²) in [6.07, 6.45) is 0. The number of nitrogens with one attached hydrogen (secondary N) is 1. The molecule has 0 saturated carbocycles. The first-order valence-corrected chi connectivity index (χ1v) is 7.74. The van der Waals surface area contributed by atoms with Gasteiger partial charge in [-0.25, -0.2) is 22.6 Å². The maximum Gasteiger partial charge on any atom is 0.358 e. The summed E-state index contributed by atoms with van der Waals surface area (Å²) in [5, 5.41) is 9.05. The normalized spacial score (nSPS) is 11.1. The lowest BCUT2D eigenvalue weighted by Crippen LogP contribution is -2.16. The zero-order chi connectivity index (χ0) is 15.6. The van der Waals surface area contributed by atoms with Crippen LogP contribution in [0.4, 0.5) is 10.1 Å². The summed E-state index contributed by atoms with van der Waals surface area (Å²) in [6.45, 7) is 0. The minimum Gasteiger partial charge on any atom is -0.505 e. The number of benzene rings is 1. The number of carbonyl (C=O) groups is 1. The van der Waals surface area contributed by atoms with Crippen molar-refractivity contribution in [3.05, 3.63) is 35.2 Å². The molecular formula is C11H9FN2O5S2. The second-order valence-electron chi connectivity index (χ2n) is 3.75. The summed E-state index contributed by atoms with van der Waals surface area (Å²) in [5.74, 6) is -2.48. The van der Waals surface area contributed by atoms with Gasteiger partial charge in [0.25, 0.3) is 10.0 Å². The van der Waals surface area contributed by atoms with Crippen molar-refractivity contribution < 1.29 is 27.4 Å². The summed E-state index contributed by atoms with van der Waals surface area (Å²) in [4.78, 5) is 15.1. The molecule has 1 aromatic carbocycles. The first-order valence-electron chi connectivity index (χ1n) is 5.38. The number of anilines is 1. The fraction of sp³-hybridized carbons (Fsp3) is 0.0909. The van der Waals surface area contributed by atoms with Gasteiger partial charge in [0.1, 0.15) is 0 Å². The standard InChI is InChI=1S/C11H9FN2O5S2/c1-19-10(16)9-11(20-5-13-9)21(17,18)14-6-2-3-8(15)7(12)4-6/h2-5,14-15H,1H3. The van der Waals surface area contributed by atoms with Crippen LogP contribution in [0.25, 0.3) is 0 Å². The molecule has 0 atom stereocenters. The van der Waals surface area contributed by atoms with Gasteiger partial charge in [-0.1, -0.05) is 0 Å². The molecule has 10 heteroatoms. The molecular weight excluding hydrogens is 323 g/mol. The summed E-state index contributed by atoms with van der Waals surface area (Å²) < 4.78 is 43.7. The Morgan fingerprint density at radius 3 is 2.81 bits per heavy atom. The highest BCUT2D eigenvalue weighted by molar-refractivity contribution is 7.94. The quantitative estimate of drug-likeness (QED) is 0.650. The van der Waals surface area contributed by atoms with E-state index in [-0.39, 0.29) is 15.6 Å². The van der Waals surface area contributed by atoms with Gasteiger partial charge in [0, 0.05) is 6.07 Å². The lowest BCUT2D eigenvalue weighted by molar-refractivity contribution is 0.0590. The zero-order valence-electron chi connectivity index (χ0n) is 10.5. The average molecular weight is 332 g/mol. The summed E-state index contributed by atoms with van der Waals surface area (Å²) in [6, 6.07) is 2.99.